The summed E-state index contributed by atoms with van der Waals surface area (Å²) >= 11 is 5.97. The van der Waals surface area contributed by atoms with Crippen LogP contribution in [-0.4, -0.2) is 32.5 Å². The Hall–Kier alpha value is -1.13. The van der Waals surface area contributed by atoms with E-state index in [-0.39, 0.29) is 6.10 Å². The van der Waals surface area contributed by atoms with Crippen molar-refractivity contribution in [3.8, 4) is 17.2 Å². The minimum Gasteiger partial charge on any atom is -0.487 e. The molecule has 0 saturated carbocycles. The Morgan fingerprint density at radius 2 is 2.12 bits per heavy atom. The highest BCUT2D eigenvalue weighted by molar-refractivity contribution is 6.31. The first-order valence-corrected chi connectivity index (χ1v) is 5.54. The Kier molecular flexibility index (Phi) is 2.53. The van der Waals surface area contributed by atoms with Crippen molar-refractivity contribution >= 4 is 11.6 Å². The average Bonchev–Trinajstić information content (AvgIpc) is 3.09. The fourth-order valence-corrected chi connectivity index (χ4v) is 1.74. The molecule has 0 aliphatic carbocycles. The molecule has 1 aromatic carbocycles. The van der Waals surface area contributed by atoms with Gasteiger partial charge in [0.25, 0.3) is 0 Å². The molecule has 2 aliphatic heterocycles. The molecule has 5 heteroatoms. The van der Waals surface area contributed by atoms with Crippen LogP contribution in [0.15, 0.2) is 12.1 Å². The van der Waals surface area contributed by atoms with Crippen LogP contribution in [0.25, 0.3) is 0 Å². The van der Waals surface area contributed by atoms with Gasteiger partial charge in [-0.05, 0) is 0 Å². The number of halogens is 1. The van der Waals surface area contributed by atoms with Gasteiger partial charge in [0.1, 0.15) is 25.9 Å². The Balaban J connectivity index is 1.85. The van der Waals surface area contributed by atoms with Crippen molar-refractivity contribution in [2.24, 2.45) is 0 Å². The SMILES string of the molecule is Clc1cc2c(c(OCC3CO3)c1)OCCO2. The van der Waals surface area contributed by atoms with Gasteiger partial charge in [-0.3, -0.25) is 0 Å². The van der Waals surface area contributed by atoms with Crippen LogP contribution in [0.3, 0.4) is 0 Å². The number of hydrogen-bond acceptors (Lipinski definition) is 4. The van der Waals surface area contributed by atoms with Crippen LogP contribution in [0.1, 0.15) is 0 Å². The van der Waals surface area contributed by atoms with Crippen LogP contribution in [0.5, 0.6) is 17.2 Å². The van der Waals surface area contributed by atoms with E-state index in [0.29, 0.717) is 42.1 Å². The third-order valence-corrected chi connectivity index (χ3v) is 2.62. The molecule has 0 spiro atoms. The van der Waals surface area contributed by atoms with E-state index in [1.54, 1.807) is 12.1 Å². The summed E-state index contributed by atoms with van der Waals surface area (Å²) in [5.41, 5.74) is 0. The lowest BCUT2D eigenvalue weighted by atomic mass is 10.2. The number of fused-ring (bicyclic) bond motifs is 1. The molecule has 0 bridgehead atoms. The molecule has 0 aromatic heterocycles. The lowest BCUT2D eigenvalue weighted by Gasteiger charge is -2.21. The number of rotatable bonds is 3. The fourth-order valence-electron chi connectivity index (χ4n) is 1.54. The first-order chi connectivity index (χ1) is 7.83. The second kappa shape index (κ2) is 4.03. The predicted molar refractivity (Wildman–Crippen MR) is 57.7 cm³/mol. The molecule has 1 saturated heterocycles. The third-order valence-electron chi connectivity index (χ3n) is 2.40. The van der Waals surface area contributed by atoms with Crippen molar-refractivity contribution in [1.82, 2.24) is 0 Å². The zero-order valence-electron chi connectivity index (χ0n) is 8.57. The van der Waals surface area contributed by atoms with E-state index in [2.05, 4.69) is 0 Å². The van der Waals surface area contributed by atoms with E-state index >= 15 is 0 Å². The quantitative estimate of drug-likeness (QED) is 0.759. The molecule has 1 unspecified atom stereocenters. The molecule has 3 rings (SSSR count). The van der Waals surface area contributed by atoms with Crippen LogP contribution >= 0.6 is 11.6 Å². The van der Waals surface area contributed by atoms with Gasteiger partial charge in [0.05, 0.1) is 6.61 Å². The van der Waals surface area contributed by atoms with Crippen molar-refractivity contribution in [3.05, 3.63) is 17.2 Å². The van der Waals surface area contributed by atoms with E-state index in [1.165, 1.54) is 0 Å². The molecule has 0 N–H and O–H groups in total. The van der Waals surface area contributed by atoms with E-state index in [0.717, 1.165) is 6.61 Å². The van der Waals surface area contributed by atoms with Crippen molar-refractivity contribution in [1.29, 1.82) is 0 Å². The average molecular weight is 243 g/mol. The number of epoxide rings is 1. The van der Waals surface area contributed by atoms with Gasteiger partial charge in [-0.1, -0.05) is 11.6 Å². The van der Waals surface area contributed by atoms with Gasteiger partial charge in [-0.2, -0.15) is 0 Å². The molecule has 1 fully saturated rings. The molecule has 0 amide bonds. The van der Waals surface area contributed by atoms with Gasteiger partial charge in [0, 0.05) is 17.2 Å². The molecule has 0 radical (unpaired) electrons. The fraction of sp³-hybridized carbons (Fsp3) is 0.455. The minimum atomic E-state index is 0.208. The van der Waals surface area contributed by atoms with Crippen LogP contribution in [0.4, 0.5) is 0 Å². The number of benzene rings is 1. The summed E-state index contributed by atoms with van der Waals surface area (Å²) in [5, 5.41) is 0.580. The van der Waals surface area contributed by atoms with Gasteiger partial charge >= 0.3 is 0 Å². The van der Waals surface area contributed by atoms with E-state index in [4.69, 9.17) is 30.5 Å². The summed E-state index contributed by atoms with van der Waals surface area (Å²) in [6.45, 7) is 2.36. The molecule has 4 nitrogen and oxygen atoms in total. The van der Waals surface area contributed by atoms with Gasteiger partial charge in [0.15, 0.2) is 11.5 Å². The van der Waals surface area contributed by atoms with Crippen LogP contribution in [0.2, 0.25) is 5.02 Å². The van der Waals surface area contributed by atoms with Gasteiger partial charge in [-0.25, -0.2) is 0 Å². The highest BCUT2D eigenvalue weighted by atomic mass is 35.5. The van der Waals surface area contributed by atoms with Crippen LogP contribution in [-0.2, 0) is 4.74 Å². The van der Waals surface area contributed by atoms with Gasteiger partial charge < -0.3 is 18.9 Å². The van der Waals surface area contributed by atoms with Crippen LogP contribution in [0, 0.1) is 0 Å². The van der Waals surface area contributed by atoms with E-state index in [1.807, 2.05) is 0 Å². The smallest absolute Gasteiger partial charge is 0.203 e. The Bertz CT molecular complexity index is 403. The maximum absolute atomic E-state index is 5.97. The van der Waals surface area contributed by atoms with Crippen molar-refractivity contribution in [2.75, 3.05) is 26.4 Å². The molecule has 2 heterocycles. The molecule has 2 aliphatic rings. The van der Waals surface area contributed by atoms with Crippen molar-refractivity contribution < 1.29 is 18.9 Å². The molecular weight excluding hydrogens is 232 g/mol. The molecule has 1 atom stereocenters. The first kappa shape index (κ1) is 10.1. The minimum absolute atomic E-state index is 0.208. The maximum atomic E-state index is 5.97. The molecule has 16 heavy (non-hydrogen) atoms. The van der Waals surface area contributed by atoms with Crippen molar-refractivity contribution in [3.63, 3.8) is 0 Å². The second-order valence-electron chi connectivity index (χ2n) is 3.69. The highest BCUT2D eigenvalue weighted by Gasteiger charge is 2.25. The molecule has 86 valence electrons. The molecular formula is C11H11ClO4. The summed E-state index contributed by atoms with van der Waals surface area (Å²) in [5.74, 6) is 1.90. The third kappa shape index (κ3) is 2.03. The normalized spacial score (nSPS) is 21.7. The zero-order chi connectivity index (χ0) is 11.0. The lowest BCUT2D eigenvalue weighted by molar-refractivity contribution is 0.160. The van der Waals surface area contributed by atoms with E-state index < -0.39 is 0 Å². The maximum Gasteiger partial charge on any atom is 0.203 e. The first-order valence-electron chi connectivity index (χ1n) is 5.16. The number of ether oxygens (including phenoxy) is 4. The zero-order valence-corrected chi connectivity index (χ0v) is 9.33. The van der Waals surface area contributed by atoms with Crippen LogP contribution < -0.4 is 14.2 Å². The summed E-state index contributed by atoms with van der Waals surface area (Å²) in [4.78, 5) is 0. The second-order valence-corrected chi connectivity index (χ2v) is 4.13. The standard InChI is InChI=1S/C11H11ClO4/c12-7-3-9-11(14-2-1-13-9)10(4-7)16-6-8-5-15-8/h3-4,8H,1-2,5-6H2. The molecule has 1 aromatic rings. The highest BCUT2D eigenvalue weighted by Crippen LogP contribution is 2.42. The van der Waals surface area contributed by atoms with E-state index in [9.17, 15) is 0 Å². The summed E-state index contributed by atoms with van der Waals surface area (Å²) < 4.78 is 21.6. The largest absolute Gasteiger partial charge is 0.487 e. The number of hydrogen-bond donors (Lipinski definition) is 0. The summed E-state index contributed by atoms with van der Waals surface area (Å²) in [7, 11) is 0. The topological polar surface area (TPSA) is 40.2 Å². The van der Waals surface area contributed by atoms with Gasteiger partial charge in [-0.15, -0.1) is 0 Å². The summed E-state index contributed by atoms with van der Waals surface area (Å²) in [6.07, 6.45) is 0.208. The summed E-state index contributed by atoms with van der Waals surface area (Å²) in [6, 6.07) is 3.47. The predicted octanol–water partition coefficient (Wildman–Crippen LogP) is 1.89. The Morgan fingerprint density at radius 3 is 2.94 bits per heavy atom. The Labute approximate surface area is 98.0 Å². The lowest BCUT2D eigenvalue weighted by Crippen LogP contribution is -2.16. The van der Waals surface area contributed by atoms with Crippen molar-refractivity contribution in [2.45, 2.75) is 6.10 Å². The monoisotopic (exact) mass is 242 g/mol. The Morgan fingerprint density at radius 1 is 1.31 bits per heavy atom. The van der Waals surface area contributed by atoms with Gasteiger partial charge in [0.2, 0.25) is 5.75 Å².